The number of fused-ring (bicyclic) bond motifs is 1. The van der Waals surface area contributed by atoms with Crippen molar-refractivity contribution in [3.05, 3.63) is 88.1 Å². The quantitative estimate of drug-likeness (QED) is 0.461. The molecule has 1 amide bonds. The first-order valence-electron chi connectivity index (χ1n) is 10.2. The van der Waals surface area contributed by atoms with Gasteiger partial charge in [0, 0.05) is 11.3 Å². The van der Waals surface area contributed by atoms with E-state index in [0.29, 0.717) is 28.0 Å². The van der Waals surface area contributed by atoms with Crippen molar-refractivity contribution in [2.75, 3.05) is 19.0 Å². The second-order valence-corrected chi connectivity index (χ2v) is 7.52. The molecule has 162 valence electrons. The van der Waals surface area contributed by atoms with Gasteiger partial charge in [-0.2, -0.15) is 0 Å². The third-order valence-electron chi connectivity index (χ3n) is 5.04. The van der Waals surface area contributed by atoms with Crippen LogP contribution in [0.5, 0.6) is 11.5 Å². The summed E-state index contributed by atoms with van der Waals surface area (Å²) < 4.78 is 17.0. The van der Waals surface area contributed by atoms with Crippen molar-refractivity contribution < 1.29 is 18.7 Å². The summed E-state index contributed by atoms with van der Waals surface area (Å²) in [7, 11) is 1.58. The SMILES string of the molecule is COc1ccc(-c2oc3ccc(C)cc3c(=O)c2OCC(=O)Nc2ccc(C)cc2)cc1. The van der Waals surface area contributed by atoms with E-state index in [-0.39, 0.29) is 29.5 Å². The molecule has 1 aromatic heterocycles. The number of hydrogen-bond donors (Lipinski definition) is 1. The van der Waals surface area contributed by atoms with Crippen molar-refractivity contribution in [2.45, 2.75) is 13.8 Å². The number of anilines is 1. The van der Waals surface area contributed by atoms with Crippen LogP contribution in [0.25, 0.3) is 22.3 Å². The maximum Gasteiger partial charge on any atom is 0.262 e. The molecule has 0 radical (unpaired) electrons. The highest BCUT2D eigenvalue weighted by atomic mass is 16.5. The molecule has 0 aliphatic rings. The van der Waals surface area contributed by atoms with E-state index in [1.165, 1.54) is 0 Å². The Morgan fingerprint density at radius 3 is 2.31 bits per heavy atom. The molecule has 0 spiro atoms. The maximum atomic E-state index is 13.3. The summed E-state index contributed by atoms with van der Waals surface area (Å²) in [6.07, 6.45) is 0. The van der Waals surface area contributed by atoms with Gasteiger partial charge in [-0.25, -0.2) is 0 Å². The number of hydrogen-bond acceptors (Lipinski definition) is 5. The summed E-state index contributed by atoms with van der Waals surface area (Å²) in [5.74, 6) is 0.551. The smallest absolute Gasteiger partial charge is 0.262 e. The average Bonchev–Trinajstić information content (AvgIpc) is 2.80. The van der Waals surface area contributed by atoms with Crippen LogP contribution in [0.3, 0.4) is 0 Å². The van der Waals surface area contributed by atoms with E-state index in [0.717, 1.165) is 11.1 Å². The molecule has 0 unspecified atom stereocenters. The molecule has 0 saturated carbocycles. The molecule has 0 atom stereocenters. The van der Waals surface area contributed by atoms with Gasteiger partial charge in [0.2, 0.25) is 11.2 Å². The molecule has 6 nitrogen and oxygen atoms in total. The molecule has 6 heteroatoms. The van der Waals surface area contributed by atoms with Crippen LogP contribution in [-0.4, -0.2) is 19.6 Å². The lowest BCUT2D eigenvalue weighted by molar-refractivity contribution is -0.118. The largest absolute Gasteiger partial charge is 0.497 e. The molecule has 1 heterocycles. The minimum absolute atomic E-state index is 0.00711. The van der Waals surface area contributed by atoms with Gasteiger partial charge in [0.15, 0.2) is 12.4 Å². The number of aryl methyl sites for hydroxylation is 2. The number of carbonyl (C=O) groups is 1. The lowest BCUT2D eigenvalue weighted by Crippen LogP contribution is -2.22. The van der Waals surface area contributed by atoms with Gasteiger partial charge < -0.3 is 19.2 Å². The van der Waals surface area contributed by atoms with E-state index in [4.69, 9.17) is 13.9 Å². The van der Waals surface area contributed by atoms with E-state index in [1.807, 2.05) is 44.2 Å². The zero-order chi connectivity index (χ0) is 22.7. The summed E-state index contributed by atoms with van der Waals surface area (Å²) in [6.45, 7) is 3.53. The fourth-order valence-corrected chi connectivity index (χ4v) is 3.33. The molecule has 0 saturated heterocycles. The van der Waals surface area contributed by atoms with Crippen molar-refractivity contribution in [3.8, 4) is 22.8 Å². The molecule has 0 aliphatic carbocycles. The highest BCUT2D eigenvalue weighted by Crippen LogP contribution is 2.32. The lowest BCUT2D eigenvalue weighted by atomic mass is 10.1. The minimum Gasteiger partial charge on any atom is -0.497 e. The monoisotopic (exact) mass is 429 g/mol. The van der Waals surface area contributed by atoms with Gasteiger partial charge in [0.1, 0.15) is 11.3 Å². The molecule has 0 bridgehead atoms. The Hall–Kier alpha value is -4.06. The Bertz CT molecular complexity index is 1320. The second-order valence-electron chi connectivity index (χ2n) is 7.52. The van der Waals surface area contributed by atoms with Crippen molar-refractivity contribution in [3.63, 3.8) is 0 Å². The highest BCUT2D eigenvalue weighted by Gasteiger charge is 2.19. The number of amides is 1. The van der Waals surface area contributed by atoms with Crippen LogP contribution in [0, 0.1) is 13.8 Å². The van der Waals surface area contributed by atoms with Crippen LogP contribution in [0.2, 0.25) is 0 Å². The predicted molar refractivity (Wildman–Crippen MR) is 125 cm³/mol. The second kappa shape index (κ2) is 8.98. The Morgan fingerprint density at radius 2 is 1.62 bits per heavy atom. The molecule has 0 aliphatic heterocycles. The molecule has 0 fully saturated rings. The number of rotatable bonds is 6. The predicted octanol–water partition coefficient (Wildman–Crippen LogP) is 5.10. The Kier molecular flexibility index (Phi) is 5.94. The molecule has 4 aromatic rings. The first-order valence-corrected chi connectivity index (χ1v) is 10.2. The van der Waals surface area contributed by atoms with Crippen LogP contribution in [0.15, 0.2) is 75.9 Å². The number of carbonyl (C=O) groups excluding carboxylic acids is 1. The van der Waals surface area contributed by atoms with E-state index in [9.17, 15) is 9.59 Å². The topological polar surface area (TPSA) is 77.8 Å². The fraction of sp³-hybridized carbons (Fsp3) is 0.154. The van der Waals surface area contributed by atoms with Crippen LogP contribution >= 0.6 is 0 Å². The summed E-state index contributed by atoms with van der Waals surface area (Å²) in [6, 6.07) is 19.9. The van der Waals surface area contributed by atoms with Gasteiger partial charge >= 0.3 is 0 Å². The van der Waals surface area contributed by atoms with Gasteiger partial charge in [0.05, 0.1) is 12.5 Å². The molecule has 32 heavy (non-hydrogen) atoms. The average molecular weight is 429 g/mol. The number of methoxy groups -OCH3 is 1. The summed E-state index contributed by atoms with van der Waals surface area (Å²) in [5, 5.41) is 3.17. The summed E-state index contributed by atoms with van der Waals surface area (Å²) in [5.41, 5.74) is 3.42. The van der Waals surface area contributed by atoms with E-state index >= 15 is 0 Å². The van der Waals surface area contributed by atoms with Crippen LogP contribution < -0.4 is 20.2 Å². The minimum atomic E-state index is -0.377. The normalized spacial score (nSPS) is 10.7. The number of nitrogens with one attached hydrogen (secondary N) is 1. The summed E-state index contributed by atoms with van der Waals surface area (Å²) >= 11 is 0. The van der Waals surface area contributed by atoms with Gasteiger partial charge in [-0.1, -0.05) is 29.3 Å². The van der Waals surface area contributed by atoms with E-state index in [1.54, 1.807) is 43.5 Å². The molecule has 1 N–H and O–H groups in total. The standard InChI is InChI=1S/C26H23NO5/c1-16-4-9-19(10-5-16)27-23(28)15-31-26-24(29)21-14-17(2)6-13-22(21)32-25(26)18-7-11-20(30-3)12-8-18/h4-14H,15H2,1-3H3,(H,27,28). The van der Waals surface area contributed by atoms with Gasteiger partial charge in [-0.3, -0.25) is 9.59 Å². The number of ether oxygens (including phenoxy) is 2. The third-order valence-corrected chi connectivity index (χ3v) is 5.04. The van der Waals surface area contributed by atoms with Crippen molar-refractivity contribution >= 4 is 22.6 Å². The van der Waals surface area contributed by atoms with Gasteiger partial charge in [0.25, 0.3) is 5.91 Å². The first kappa shape index (κ1) is 21.2. The molecular weight excluding hydrogens is 406 g/mol. The third kappa shape index (κ3) is 4.49. The van der Waals surface area contributed by atoms with E-state index in [2.05, 4.69) is 5.32 Å². The van der Waals surface area contributed by atoms with Crippen LogP contribution in [-0.2, 0) is 4.79 Å². The molecule has 4 rings (SSSR count). The van der Waals surface area contributed by atoms with Crippen molar-refractivity contribution in [1.29, 1.82) is 0 Å². The maximum absolute atomic E-state index is 13.3. The zero-order valence-electron chi connectivity index (χ0n) is 18.1. The van der Waals surface area contributed by atoms with Crippen molar-refractivity contribution in [1.82, 2.24) is 0 Å². The molecule has 3 aromatic carbocycles. The van der Waals surface area contributed by atoms with Crippen LogP contribution in [0.1, 0.15) is 11.1 Å². The Labute approximate surface area is 185 Å². The summed E-state index contributed by atoms with van der Waals surface area (Å²) in [4.78, 5) is 25.7. The lowest BCUT2D eigenvalue weighted by Gasteiger charge is -2.12. The van der Waals surface area contributed by atoms with Crippen molar-refractivity contribution in [2.24, 2.45) is 0 Å². The van der Waals surface area contributed by atoms with E-state index < -0.39 is 0 Å². The molecular formula is C26H23NO5. The Balaban J connectivity index is 1.68. The zero-order valence-corrected chi connectivity index (χ0v) is 18.1. The fourth-order valence-electron chi connectivity index (χ4n) is 3.33. The number of benzene rings is 3. The van der Waals surface area contributed by atoms with Gasteiger partial charge in [-0.15, -0.1) is 0 Å². The van der Waals surface area contributed by atoms with Gasteiger partial charge in [-0.05, 0) is 62.4 Å². The Morgan fingerprint density at radius 1 is 0.938 bits per heavy atom. The highest BCUT2D eigenvalue weighted by molar-refractivity contribution is 5.92. The first-order chi connectivity index (χ1) is 15.4. The van der Waals surface area contributed by atoms with Crippen LogP contribution in [0.4, 0.5) is 5.69 Å².